The first kappa shape index (κ1) is 53.5. The van der Waals surface area contributed by atoms with E-state index in [4.69, 9.17) is 19.9 Å². The van der Waals surface area contributed by atoms with E-state index in [1.807, 2.05) is 146 Å². The number of hydrogen-bond donors (Lipinski definition) is 4. The zero-order chi connectivity index (χ0) is 55.6. The SMILES string of the molecule is CC1(C)C[C@@H]1C(=O)Nc1cccc(NC(=O)[C@H]2CC2(C)C)c1-c1c2nc(c(-c3ccccc3)c3ccc([n-]3)c(-c3c(NC(=O)[C@H]4CC4(C)C)cccc3NC(=O)[C@H]3CC3(C)C)c3nc(c(-c4ccccc4)c4ccc1[n-]4)C=C3)C=C2.[Co+2]. The summed E-state index contributed by atoms with van der Waals surface area (Å²) >= 11 is 0. The van der Waals surface area contributed by atoms with Crippen LogP contribution >= 0.6 is 0 Å². The van der Waals surface area contributed by atoms with Crippen molar-refractivity contribution in [2.75, 3.05) is 21.3 Å². The van der Waals surface area contributed by atoms with Crippen LogP contribution in [0.1, 0.15) is 104 Å². The molecule has 4 saturated carbocycles. The van der Waals surface area contributed by atoms with Gasteiger partial charge in [-0.05, 0) is 129 Å². The molecule has 8 bridgehead atoms. The summed E-state index contributed by atoms with van der Waals surface area (Å²) in [6, 6.07) is 39.3. The number of nitrogens with one attached hydrogen (secondary N) is 4. The van der Waals surface area contributed by atoms with Crippen LogP contribution in [0.5, 0.6) is 0 Å². The molecular formula is C68H64CoN8O4. The number of anilines is 4. The summed E-state index contributed by atoms with van der Waals surface area (Å²) < 4.78 is 0. The van der Waals surface area contributed by atoms with Gasteiger partial charge in [0, 0.05) is 34.8 Å². The van der Waals surface area contributed by atoms with Gasteiger partial charge in [-0.1, -0.05) is 152 Å². The Morgan fingerprint density at radius 1 is 0.358 bits per heavy atom. The van der Waals surface area contributed by atoms with E-state index in [2.05, 4.69) is 76.7 Å². The fourth-order valence-corrected chi connectivity index (χ4v) is 12.0. The Hall–Kier alpha value is -8.13. The van der Waals surface area contributed by atoms with Crippen molar-refractivity contribution in [1.82, 2.24) is 19.9 Å². The van der Waals surface area contributed by atoms with Gasteiger partial charge in [0.25, 0.3) is 0 Å². The van der Waals surface area contributed by atoms with Gasteiger partial charge in [0.05, 0.1) is 45.5 Å². The maximum atomic E-state index is 14.2. The second kappa shape index (κ2) is 19.6. The summed E-state index contributed by atoms with van der Waals surface area (Å²) in [5.41, 5.74) is 12.0. The maximum absolute atomic E-state index is 14.2. The number of rotatable bonds is 12. The molecule has 4 amide bonds. The van der Waals surface area contributed by atoms with Crippen LogP contribution in [-0.2, 0) is 36.0 Å². The molecule has 4 N–H and O–H groups in total. The molecule has 409 valence electrons. The van der Waals surface area contributed by atoms with Crippen LogP contribution in [0, 0.1) is 45.3 Å². The summed E-state index contributed by atoms with van der Waals surface area (Å²) in [4.78, 5) is 79.0. The van der Waals surface area contributed by atoms with Gasteiger partial charge in [-0.2, -0.15) is 0 Å². The van der Waals surface area contributed by atoms with Gasteiger partial charge in [-0.25, -0.2) is 9.97 Å². The largest absolute Gasteiger partial charge is 2.00 e. The maximum Gasteiger partial charge on any atom is 2.00 e. The number of amides is 4. The van der Waals surface area contributed by atoms with Crippen molar-refractivity contribution >= 4 is 92.7 Å². The third kappa shape index (κ3) is 9.94. The van der Waals surface area contributed by atoms with E-state index in [1.54, 1.807) is 0 Å². The first-order valence-electron chi connectivity index (χ1n) is 27.9. The molecule has 5 heterocycles. The number of hydrogen-bond acceptors (Lipinski definition) is 6. The van der Waals surface area contributed by atoms with E-state index in [-0.39, 0.29) is 85.7 Å². The van der Waals surface area contributed by atoms with Crippen LogP contribution < -0.4 is 31.2 Å². The zero-order valence-corrected chi connectivity index (χ0v) is 47.8. The smallest absolute Gasteiger partial charge is 0.657 e. The quantitative estimate of drug-likeness (QED) is 0.0937. The molecule has 4 aliphatic carbocycles. The van der Waals surface area contributed by atoms with Crippen molar-refractivity contribution in [1.29, 1.82) is 0 Å². The summed E-state index contributed by atoms with van der Waals surface area (Å²) in [6.07, 6.45) is 11.0. The number of aromatic nitrogens is 4. The average molecular weight is 1120 g/mol. The minimum absolute atomic E-state index is 0. The minimum atomic E-state index is -0.175. The van der Waals surface area contributed by atoms with Crippen molar-refractivity contribution in [3.05, 3.63) is 144 Å². The van der Waals surface area contributed by atoms with Crippen LogP contribution in [0.4, 0.5) is 22.7 Å². The molecule has 3 aromatic heterocycles. The van der Waals surface area contributed by atoms with E-state index < -0.39 is 0 Å². The Bertz CT molecular complexity index is 3670. The molecule has 12 nitrogen and oxygen atoms in total. The average Bonchev–Trinajstić information content (AvgIpc) is 4.38. The summed E-state index contributed by atoms with van der Waals surface area (Å²) in [5, 5.41) is 13.3. The van der Waals surface area contributed by atoms with Crippen molar-refractivity contribution in [2.45, 2.75) is 81.1 Å². The molecule has 0 spiro atoms. The van der Waals surface area contributed by atoms with Gasteiger partial charge in [0.2, 0.25) is 23.6 Å². The number of nitrogens with zero attached hydrogens (tertiary/aromatic N) is 4. The third-order valence-corrected chi connectivity index (χ3v) is 17.7. The number of carbonyl (C=O) groups is 4. The van der Waals surface area contributed by atoms with E-state index in [0.717, 1.165) is 47.9 Å². The first-order valence-corrected chi connectivity index (χ1v) is 27.9. The third-order valence-electron chi connectivity index (χ3n) is 17.7. The van der Waals surface area contributed by atoms with Crippen molar-refractivity contribution in [2.24, 2.45) is 45.3 Å². The van der Waals surface area contributed by atoms with Crippen molar-refractivity contribution in [3.63, 3.8) is 0 Å². The second-order valence-electron chi connectivity index (χ2n) is 25.5. The minimum Gasteiger partial charge on any atom is -0.657 e. The van der Waals surface area contributed by atoms with Gasteiger partial charge in [0.15, 0.2) is 0 Å². The molecule has 13 heteroatoms. The van der Waals surface area contributed by atoms with Crippen LogP contribution in [0.2, 0.25) is 0 Å². The van der Waals surface area contributed by atoms with E-state index >= 15 is 0 Å². The Balaban J connectivity index is 0.00000651. The van der Waals surface area contributed by atoms with E-state index in [0.29, 0.717) is 89.8 Å². The predicted octanol–water partition coefficient (Wildman–Crippen LogP) is 14.5. The van der Waals surface area contributed by atoms with Gasteiger partial charge < -0.3 is 31.2 Å². The van der Waals surface area contributed by atoms with E-state index in [1.165, 1.54) is 0 Å². The first-order chi connectivity index (χ1) is 38.2. The molecule has 4 fully saturated rings. The Morgan fingerprint density at radius 2 is 0.605 bits per heavy atom. The van der Waals surface area contributed by atoms with Gasteiger partial charge in [0.1, 0.15) is 0 Å². The molecule has 4 atom stereocenters. The molecule has 13 rings (SSSR count). The zero-order valence-electron chi connectivity index (χ0n) is 46.7. The Labute approximate surface area is 482 Å². The number of carbonyl (C=O) groups excluding carboxylic acids is 4. The monoisotopic (exact) mass is 1120 g/mol. The molecule has 81 heavy (non-hydrogen) atoms. The van der Waals surface area contributed by atoms with Crippen LogP contribution in [0.15, 0.2) is 121 Å². The van der Waals surface area contributed by atoms with Crippen LogP contribution in [0.25, 0.3) is 90.9 Å². The molecule has 4 aromatic carbocycles. The van der Waals surface area contributed by atoms with Crippen molar-refractivity contribution < 1.29 is 36.0 Å². The van der Waals surface area contributed by atoms with Crippen molar-refractivity contribution in [3.8, 4) is 44.5 Å². The summed E-state index contributed by atoms with van der Waals surface area (Å²) in [6.45, 7) is 16.8. The topological polar surface area (TPSA) is 170 Å². The number of benzene rings is 4. The van der Waals surface area contributed by atoms with Gasteiger partial charge >= 0.3 is 16.8 Å². The molecule has 6 aliphatic rings. The Morgan fingerprint density at radius 3 is 0.864 bits per heavy atom. The van der Waals surface area contributed by atoms with E-state index in [9.17, 15) is 19.2 Å². The Kier molecular flexibility index (Phi) is 12.9. The molecule has 2 aliphatic heterocycles. The molecule has 7 aromatic rings. The van der Waals surface area contributed by atoms with Crippen LogP contribution in [0.3, 0.4) is 0 Å². The summed E-state index contributed by atoms with van der Waals surface area (Å²) in [5.74, 6) is -1.06. The predicted molar refractivity (Wildman–Crippen MR) is 321 cm³/mol. The summed E-state index contributed by atoms with van der Waals surface area (Å²) in [7, 11) is 0. The number of fused-ring (bicyclic) bond motifs is 8. The van der Waals surface area contributed by atoms with Gasteiger partial charge in [-0.3, -0.25) is 19.2 Å². The molecule has 1 radical (unpaired) electrons. The van der Waals surface area contributed by atoms with Crippen LogP contribution in [-0.4, -0.2) is 33.6 Å². The second-order valence-corrected chi connectivity index (χ2v) is 25.5. The molecule has 0 saturated heterocycles. The fraction of sp³-hybridized carbons (Fsp3) is 0.294. The standard InChI is InChI=1S/C68H66N8O4.Co/c1-65(2)33-39(65)61(77)73-43-21-15-22-44(74-62(78)40-34-66(40,3)4)57(43)59-51-29-25-47(69-51)55(37-17-11-9-12-18-37)49-27-31-53(71-49)60(54-32-28-50(72-54)56(38-19-13-10-14-20-38)48-26-30-52(59)70-48)58-45(75-63(79)41-35-67(41,5)6)23-16-24-46(58)76-64(80)42-36-68(42,7)8;/h9-32,39-42H,33-36H2,1-8H3,(H6,69,70,71,72,73,74,75,76,77,78,79,80);/q;+2/p-2/t39-,40-,41-,42-;/m1./s1. The fourth-order valence-electron chi connectivity index (χ4n) is 12.0. The normalized spacial score (nSPS) is 20.5. The molecular weight excluding hydrogens is 1050 g/mol. The van der Waals surface area contributed by atoms with Gasteiger partial charge in [-0.15, -0.1) is 22.1 Å². The molecule has 0 unspecified atom stereocenters.